The van der Waals surface area contributed by atoms with E-state index in [1.807, 2.05) is 35.2 Å². The molecule has 13 nitrogen and oxygen atoms in total. The molecule has 194 valence electrons. The van der Waals surface area contributed by atoms with Crippen molar-refractivity contribution in [2.24, 2.45) is 0 Å². The van der Waals surface area contributed by atoms with Crippen LogP contribution in [0.1, 0.15) is 28.9 Å². The number of nitrogens with zero attached hydrogens (tertiary/aromatic N) is 5. The minimum Gasteiger partial charge on any atom is -0.481 e. The number of benzene rings is 2. The number of rotatable bonds is 10. The standard InChI is InChI=1S/C25H24N8O5/c26-21-20-22(32-25(27)31-21)28-12-15(29-20)13-33(16-4-2-1-3-5-16)17-8-6-14(7-9-17)23(36)30-18(24(37)38)10-11-19(34)35/h1-9,12,18H,10-11,13H2,(H,30,36)(H,34,35)(H,37,38)(H4,26,27,28,31,32)/t18-/m0/s1. The van der Waals surface area contributed by atoms with Crippen LogP contribution >= 0.6 is 0 Å². The van der Waals surface area contributed by atoms with Crippen molar-refractivity contribution in [3.63, 3.8) is 0 Å². The number of aromatic nitrogens is 4. The van der Waals surface area contributed by atoms with Crippen molar-refractivity contribution >= 4 is 52.2 Å². The number of fused-ring (bicyclic) bond motifs is 1. The molecule has 0 spiro atoms. The van der Waals surface area contributed by atoms with Gasteiger partial charge >= 0.3 is 11.9 Å². The molecule has 0 radical (unpaired) electrons. The van der Waals surface area contributed by atoms with Crippen molar-refractivity contribution < 1.29 is 24.6 Å². The van der Waals surface area contributed by atoms with Crippen LogP contribution < -0.4 is 21.7 Å². The van der Waals surface area contributed by atoms with E-state index >= 15 is 0 Å². The number of carbonyl (C=O) groups excluding carboxylic acids is 1. The van der Waals surface area contributed by atoms with Gasteiger partial charge in [-0.1, -0.05) is 18.2 Å². The molecule has 0 fully saturated rings. The second-order valence-corrected chi connectivity index (χ2v) is 8.27. The molecule has 0 saturated carbocycles. The Bertz CT molecular complexity index is 1480. The molecule has 0 saturated heterocycles. The normalized spacial score (nSPS) is 11.6. The number of hydrogen-bond donors (Lipinski definition) is 5. The van der Waals surface area contributed by atoms with Gasteiger partial charge in [0.25, 0.3) is 5.91 Å². The van der Waals surface area contributed by atoms with E-state index < -0.39 is 23.9 Å². The van der Waals surface area contributed by atoms with Crippen LogP contribution in [0.4, 0.5) is 23.1 Å². The third kappa shape index (κ3) is 6.07. The molecule has 38 heavy (non-hydrogen) atoms. The Hall–Kier alpha value is -5.33. The van der Waals surface area contributed by atoms with Crippen LogP contribution in [-0.2, 0) is 16.1 Å². The lowest BCUT2D eigenvalue weighted by molar-refractivity contribution is -0.140. The van der Waals surface area contributed by atoms with Crippen molar-refractivity contribution in [2.75, 3.05) is 16.4 Å². The van der Waals surface area contributed by atoms with Gasteiger partial charge in [-0.2, -0.15) is 9.97 Å². The molecule has 0 aliphatic carbocycles. The van der Waals surface area contributed by atoms with Crippen molar-refractivity contribution in [2.45, 2.75) is 25.4 Å². The second-order valence-electron chi connectivity index (χ2n) is 8.27. The first-order chi connectivity index (χ1) is 18.2. The summed E-state index contributed by atoms with van der Waals surface area (Å²) in [5, 5.41) is 20.5. The van der Waals surface area contributed by atoms with Crippen molar-refractivity contribution in [3.05, 3.63) is 72.1 Å². The van der Waals surface area contributed by atoms with Crippen molar-refractivity contribution in [1.82, 2.24) is 25.3 Å². The fraction of sp³-hybridized carbons (Fsp3) is 0.160. The Kier molecular flexibility index (Phi) is 7.56. The number of hydrogen-bond acceptors (Lipinski definition) is 10. The topological polar surface area (TPSA) is 211 Å². The van der Waals surface area contributed by atoms with E-state index in [1.54, 1.807) is 30.5 Å². The average Bonchev–Trinajstić information content (AvgIpc) is 2.90. The molecule has 1 atom stereocenters. The second kappa shape index (κ2) is 11.2. The summed E-state index contributed by atoms with van der Waals surface area (Å²) in [7, 11) is 0. The molecule has 2 aromatic carbocycles. The lowest BCUT2D eigenvalue weighted by Gasteiger charge is -2.25. The zero-order valence-corrected chi connectivity index (χ0v) is 20.0. The fourth-order valence-electron chi connectivity index (χ4n) is 3.72. The number of carboxylic acids is 2. The van der Waals surface area contributed by atoms with Gasteiger partial charge in [-0.15, -0.1) is 0 Å². The fourth-order valence-corrected chi connectivity index (χ4v) is 3.72. The van der Waals surface area contributed by atoms with E-state index in [2.05, 4.69) is 25.3 Å². The van der Waals surface area contributed by atoms with Crippen LogP contribution in [0.3, 0.4) is 0 Å². The van der Waals surface area contributed by atoms with Crippen LogP contribution in [-0.4, -0.2) is 54.0 Å². The number of nitrogens with two attached hydrogens (primary N) is 2. The lowest BCUT2D eigenvalue weighted by atomic mass is 10.1. The number of anilines is 4. The van der Waals surface area contributed by atoms with E-state index in [-0.39, 0.29) is 35.8 Å². The van der Waals surface area contributed by atoms with Gasteiger partial charge in [-0.25, -0.2) is 14.8 Å². The number of amides is 1. The van der Waals surface area contributed by atoms with Gasteiger partial charge in [-0.05, 0) is 42.8 Å². The molecule has 4 aromatic rings. The van der Waals surface area contributed by atoms with Crippen LogP contribution in [0.15, 0.2) is 60.8 Å². The van der Waals surface area contributed by atoms with Gasteiger partial charge in [0.1, 0.15) is 6.04 Å². The van der Waals surface area contributed by atoms with Gasteiger partial charge in [0.15, 0.2) is 17.0 Å². The Balaban J connectivity index is 1.59. The molecular formula is C25H24N8O5. The van der Waals surface area contributed by atoms with Gasteiger partial charge in [0.05, 0.1) is 18.4 Å². The van der Waals surface area contributed by atoms with Crippen LogP contribution in [0.25, 0.3) is 11.2 Å². The summed E-state index contributed by atoms with van der Waals surface area (Å²) < 4.78 is 0. The first kappa shape index (κ1) is 25.8. The SMILES string of the molecule is Nc1nc(N)c2nc(CN(c3ccccc3)c3ccc(C(=O)N[C@@H](CCC(=O)O)C(=O)O)cc3)cnc2n1. The average molecular weight is 517 g/mol. The molecule has 0 aliphatic heterocycles. The van der Waals surface area contributed by atoms with Gasteiger partial charge in [0, 0.05) is 23.4 Å². The largest absolute Gasteiger partial charge is 0.481 e. The summed E-state index contributed by atoms with van der Waals surface area (Å²) >= 11 is 0. The zero-order chi connectivity index (χ0) is 27.2. The summed E-state index contributed by atoms with van der Waals surface area (Å²) in [6.45, 7) is 0.290. The third-order valence-corrected chi connectivity index (χ3v) is 5.58. The van der Waals surface area contributed by atoms with Crippen LogP contribution in [0.2, 0.25) is 0 Å². The van der Waals surface area contributed by atoms with E-state index in [1.165, 1.54) is 0 Å². The van der Waals surface area contributed by atoms with Gasteiger partial charge in [-0.3, -0.25) is 9.59 Å². The monoisotopic (exact) mass is 516 g/mol. The van der Waals surface area contributed by atoms with E-state index in [9.17, 15) is 19.5 Å². The van der Waals surface area contributed by atoms with E-state index in [4.69, 9.17) is 16.6 Å². The van der Waals surface area contributed by atoms with Gasteiger partial charge in [0.2, 0.25) is 5.95 Å². The Morgan fingerprint density at radius 1 is 0.921 bits per heavy atom. The number of nitrogen functional groups attached to an aromatic ring is 2. The first-order valence-corrected chi connectivity index (χ1v) is 11.4. The third-order valence-electron chi connectivity index (χ3n) is 5.58. The lowest BCUT2D eigenvalue weighted by Crippen LogP contribution is -2.41. The van der Waals surface area contributed by atoms with E-state index in [0.29, 0.717) is 17.8 Å². The molecule has 13 heteroatoms. The maximum Gasteiger partial charge on any atom is 0.326 e. The highest BCUT2D eigenvalue weighted by Crippen LogP contribution is 2.28. The van der Waals surface area contributed by atoms with Crippen molar-refractivity contribution in [3.8, 4) is 0 Å². The zero-order valence-electron chi connectivity index (χ0n) is 20.0. The number of para-hydroxylation sites is 1. The molecule has 7 N–H and O–H groups in total. The smallest absolute Gasteiger partial charge is 0.326 e. The maximum atomic E-state index is 12.6. The van der Waals surface area contributed by atoms with Crippen LogP contribution in [0.5, 0.6) is 0 Å². The molecule has 2 heterocycles. The summed E-state index contributed by atoms with van der Waals surface area (Å²) in [4.78, 5) is 53.7. The number of carboxylic acid groups (broad SMARTS) is 2. The summed E-state index contributed by atoms with van der Waals surface area (Å²) in [6.07, 6.45) is 0.950. The highest BCUT2D eigenvalue weighted by molar-refractivity contribution is 5.97. The number of nitrogens with one attached hydrogen (secondary N) is 1. The Morgan fingerprint density at radius 2 is 1.61 bits per heavy atom. The highest BCUT2D eigenvalue weighted by Gasteiger charge is 2.22. The molecule has 0 bridgehead atoms. The molecule has 4 rings (SSSR count). The summed E-state index contributed by atoms with van der Waals surface area (Å²) in [6, 6.07) is 14.7. The quantitative estimate of drug-likeness (QED) is 0.205. The molecular weight excluding hydrogens is 492 g/mol. The van der Waals surface area contributed by atoms with Crippen LogP contribution in [0, 0.1) is 0 Å². The number of carbonyl (C=O) groups is 3. The Labute approximate surface area is 216 Å². The minimum absolute atomic E-state index is 0.00338. The molecule has 0 unspecified atom stereocenters. The predicted molar refractivity (Wildman–Crippen MR) is 138 cm³/mol. The molecule has 1 amide bonds. The number of aliphatic carboxylic acids is 2. The Morgan fingerprint density at radius 3 is 2.26 bits per heavy atom. The molecule has 0 aliphatic rings. The maximum absolute atomic E-state index is 12.6. The predicted octanol–water partition coefficient (Wildman–Crippen LogP) is 1.97. The van der Waals surface area contributed by atoms with Gasteiger partial charge < -0.3 is 31.9 Å². The van der Waals surface area contributed by atoms with E-state index in [0.717, 1.165) is 11.4 Å². The minimum atomic E-state index is -1.32. The first-order valence-electron chi connectivity index (χ1n) is 11.4. The summed E-state index contributed by atoms with van der Waals surface area (Å²) in [5.41, 5.74) is 14.6. The highest BCUT2D eigenvalue weighted by atomic mass is 16.4. The molecule has 2 aromatic heterocycles. The van der Waals surface area contributed by atoms with Crippen molar-refractivity contribution in [1.29, 1.82) is 0 Å². The summed E-state index contributed by atoms with van der Waals surface area (Å²) in [5.74, 6) is -2.96.